The van der Waals surface area contributed by atoms with Gasteiger partial charge in [0.25, 0.3) is 0 Å². The van der Waals surface area contributed by atoms with E-state index < -0.39 is 0 Å². The highest BCUT2D eigenvalue weighted by Crippen LogP contribution is 2.09. The quantitative estimate of drug-likeness (QED) is 0.761. The Morgan fingerprint density at radius 2 is 2.00 bits per heavy atom. The summed E-state index contributed by atoms with van der Waals surface area (Å²) >= 11 is 5.84. The van der Waals surface area contributed by atoms with Crippen molar-refractivity contribution in [2.45, 2.75) is 19.5 Å². The van der Waals surface area contributed by atoms with Gasteiger partial charge in [-0.1, -0.05) is 23.7 Å². The van der Waals surface area contributed by atoms with E-state index in [0.29, 0.717) is 6.54 Å². The van der Waals surface area contributed by atoms with E-state index in [2.05, 4.69) is 10.4 Å². The van der Waals surface area contributed by atoms with Crippen molar-refractivity contribution in [2.24, 2.45) is 0 Å². The van der Waals surface area contributed by atoms with Gasteiger partial charge >= 0.3 is 0 Å². The van der Waals surface area contributed by atoms with Crippen molar-refractivity contribution in [3.63, 3.8) is 0 Å². The van der Waals surface area contributed by atoms with Crippen LogP contribution in [0.5, 0.6) is 0 Å². The first-order chi connectivity index (χ1) is 9.28. The lowest BCUT2D eigenvalue weighted by Gasteiger charge is -2.03. The molecular weight excluding hydrogens is 262 g/mol. The Kier molecular flexibility index (Phi) is 5.39. The van der Waals surface area contributed by atoms with Crippen molar-refractivity contribution < 1.29 is 5.11 Å². The maximum atomic E-state index is 8.80. The van der Waals surface area contributed by atoms with Crippen LogP contribution in [-0.4, -0.2) is 28.0 Å². The number of hydrogen-bond donors (Lipinski definition) is 2. The van der Waals surface area contributed by atoms with Crippen LogP contribution in [0.15, 0.2) is 36.7 Å². The van der Waals surface area contributed by atoms with Crippen molar-refractivity contribution in [2.75, 3.05) is 13.2 Å². The standard InChI is InChI=1S/C14H18ClN3O/c15-14-3-1-12(2-4-14)5-6-16-9-13-10-17-18(11-13)7-8-19/h1-4,10-11,16,19H,5-9H2. The Labute approximate surface area is 118 Å². The van der Waals surface area contributed by atoms with Crippen LogP contribution in [0.4, 0.5) is 0 Å². The minimum absolute atomic E-state index is 0.116. The summed E-state index contributed by atoms with van der Waals surface area (Å²) in [6.45, 7) is 2.36. The van der Waals surface area contributed by atoms with Gasteiger partial charge in [0, 0.05) is 23.3 Å². The number of nitrogens with one attached hydrogen (secondary N) is 1. The third kappa shape index (κ3) is 4.67. The van der Waals surface area contributed by atoms with E-state index in [4.69, 9.17) is 16.7 Å². The normalized spacial score (nSPS) is 10.8. The van der Waals surface area contributed by atoms with Gasteiger partial charge in [-0.25, -0.2) is 0 Å². The van der Waals surface area contributed by atoms with Crippen LogP contribution in [0.3, 0.4) is 0 Å². The largest absolute Gasteiger partial charge is 0.394 e. The highest BCUT2D eigenvalue weighted by molar-refractivity contribution is 6.30. The molecule has 2 rings (SSSR count). The van der Waals surface area contributed by atoms with Crippen LogP contribution in [0.1, 0.15) is 11.1 Å². The average molecular weight is 280 g/mol. The molecule has 102 valence electrons. The number of benzene rings is 1. The second-order valence-electron chi connectivity index (χ2n) is 4.39. The number of aliphatic hydroxyl groups is 1. The molecule has 0 amide bonds. The Morgan fingerprint density at radius 3 is 2.74 bits per heavy atom. The van der Waals surface area contributed by atoms with Crippen molar-refractivity contribution in [1.82, 2.24) is 15.1 Å². The molecule has 0 aliphatic heterocycles. The minimum Gasteiger partial charge on any atom is -0.394 e. The first-order valence-corrected chi connectivity index (χ1v) is 6.73. The zero-order chi connectivity index (χ0) is 13.5. The maximum absolute atomic E-state index is 8.80. The monoisotopic (exact) mass is 279 g/mol. The lowest BCUT2D eigenvalue weighted by molar-refractivity contribution is 0.269. The van der Waals surface area contributed by atoms with Gasteiger partial charge in [-0.05, 0) is 30.7 Å². The van der Waals surface area contributed by atoms with E-state index in [1.54, 1.807) is 4.68 Å². The molecule has 2 N–H and O–H groups in total. The lowest BCUT2D eigenvalue weighted by atomic mass is 10.1. The predicted octanol–water partition coefficient (Wildman–Crippen LogP) is 1.86. The van der Waals surface area contributed by atoms with Gasteiger partial charge in [-0.15, -0.1) is 0 Å². The first-order valence-electron chi connectivity index (χ1n) is 6.35. The molecule has 2 aromatic rings. The van der Waals surface area contributed by atoms with E-state index in [9.17, 15) is 0 Å². The number of halogens is 1. The van der Waals surface area contributed by atoms with Crippen LogP contribution in [0, 0.1) is 0 Å². The highest BCUT2D eigenvalue weighted by atomic mass is 35.5. The molecule has 19 heavy (non-hydrogen) atoms. The zero-order valence-corrected chi connectivity index (χ0v) is 11.5. The van der Waals surface area contributed by atoms with E-state index in [0.717, 1.165) is 30.1 Å². The summed E-state index contributed by atoms with van der Waals surface area (Å²) < 4.78 is 1.75. The number of aromatic nitrogens is 2. The Balaban J connectivity index is 1.69. The van der Waals surface area contributed by atoms with E-state index >= 15 is 0 Å². The van der Waals surface area contributed by atoms with Crippen molar-refractivity contribution in [3.8, 4) is 0 Å². The van der Waals surface area contributed by atoms with Crippen LogP contribution in [0.2, 0.25) is 5.02 Å². The molecule has 0 bridgehead atoms. The van der Waals surface area contributed by atoms with Crippen molar-refractivity contribution in [3.05, 3.63) is 52.8 Å². The van der Waals surface area contributed by atoms with E-state index in [-0.39, 0.29) is 6.61 Å². The fraction of sp³-hybridized carbons (Fsp3) is 0.357. The second kappa shape index (κ2) is 7.28. The molecule has 0 saturated heterocycles. The molecule has 1 aromatic carbocycles. The molecule has 0 spiro atoms. The Morgan fingerprint density at radius 1 is 1.21 bits per heavy atom. The highest BCUT2D eigenvalue weighted by Gasteiger charge is 1.98. The van der Waals surface area contributed by atoms with Crippen molar-refractivity contribution in [1.29, 1.82) is 0 Å². The molecule has 0 aliphatic rings. The molecule has 1 aromatic heterocycles. The summed E-state index contributed by atoms with van der Waals surface area (Å²) in [6.07, 6.45) is 4.75. The second-order valence-corrected chi connectivity index (χ2v) is 4.82. The predicted molar refractivity (Wildman–Crippen MR) is 76.2 cm³/mol. The van der Waals surface area contributed by atoms with E-state index in [1.807, 2.05) is 36.7 Å². The molecule has 1 heterocycles. The van der Waals surface area contributed by atoms with Gasteiger partial charge < -0.3 is 10.4 Å². The Bertz CT molecular complexity index is 496. The number of hydrogen-bond acceptors (Lipinski definition) is 3. The van der Waals surface area contributed by atoms with Crippen LogP contribution in [0.25, 0.3) is 0 Å². The third-order valence-electron chi connectivity index (χ3n) is 2.85. The summed E-state index contributed by atoms with van der Waals surface area (Å²) in [6, 6.07) is 7.91. The summed E-state index contributed by atoms with van der Waals surface area (Å²) in [7, 11) is 0. The van der Waals surface area contributed by atoms with Crippen LogP contribution >= 0.6 is 11.6 Å². The SMILES string of the molecule is OCCn1cc(CNCCc2ccc(Cl)cc2)cn1. The maximum Gasteiger partial charge on any atom is 0.0640 e. The van der Waals surface area contributed by atoms with E-state index in [1.165, 1.54) is 5.56 Å². The number of rotatable bonds is 7. The van der Waals surface area contributed by atoms with Gasteiger partial charge in [0.2, 0.25) is 0 Å². The fourth-order valence-corrected chi connectivity index (χ4v) is 1.96. The molecule has 0 saturated carbocycles. The first kappa shape index (κ1) is 14.1. The van der Waals surface area contributed by atoms with Gasteiger partial charge in [0.15, 0.2) is 0 Å². The Hall–Kier alpha value is -1.36. The molecular formula is C14H18ClN3O. The summed E-state index contributed by atoms with van der Waals surface area (Å²) in [5.41, 5.74) is 2.40. The van der Waals surface area contributed by atoms with Gasteiger partial charge in [-0.3, -0.25) is 4.68 Å². The van der Waals surface area contributed by atoms with Crippen LogP contribution in [-0.2, 0) is 19.5 Å². The molecule has 0 radical (unpaired) electrons. The van der Waals surface area contributed by atoms with Gasteiger partial charge in [0.05, 0.1) is 19.3 Å². The third-order valence-corrected chi connectivity index (χ3v) is 3.10. The number of aliphatic hydroxyl groups excluding tert-OH is 1. The summed E-state index contributed by atoms with van der Waals surface area (Å²) in [4.78, 5) is 0. The minimum atomic E-state index is 0.116. The number of nitrogens with zero attached hydrogens (tertiary/aromatic N) is 2. The lowest BCUT2D eigenvalue weighted by Crippen LogP contribution is -2.16. The molecule has 0 fully saturated rings. The molecule has 0 aliphatic carbocycles. The fourth-order valence-electron chi connectivity index (χ4n) is 1.84. The molecule has 0 atom stereocenters. The topological polar surface area (TPSA) is 50.1 Å². The van der Waals surface area contributed by atoms with Crippen LogP contribution < -0.4 is 5.32 Å². The molecule has 4 nitrogen and oxygen atoms in total. The zero-order valence-electron chi connectivity index (χ0n) is 10.7. The smallest absolute Gasteiger partial charge is 0.0640 e. The average Bonchev–Trinajstić information content (AvgIpc) is 2.85. The van der Waals surface area contributed by atoms with Crippen molar-refractivity contribution >= 4 is 11.6 Å². The summed E-state index contributed by atoms with van der Waals surface area (Å²) in [5, 5.41) is 17.1. The van der Waals surface area contributed by atoms with Gasteiger partial charge in [0.1, 0.15) is 0 Å². The molecule has 5 heteroatoms. The van der Waals surface area contributed by atoms with Gasteiger partial charge in [-0.2, -0.15) is 5.10 Å². The molecule has 0 unspecified atom stereocenters. The summed E-state index contributed by atoms with van der Waals surface area (Å²) in [5.74, 6) is 0.